The lowest BCUT2D eigenvalue weighted by Gasteiger charge is -2.24. The van der Waals surface area contributed by atoms with Crippen LogP contribution in [0.4, 0.5) is 0 Å². The average molecular weight is 251 g/mol. The highest BCUT2D eigenvalue weighted by Gasteiger charge is 2.23. The molecule has 0 saturated carbocycles. The van der Waals surface area contributed by atoms with Gasteiger partial charge in [-0.1, -0.05) is 37.6 Å². The van der Waals surface area contributed by atoms with Gasteiger partial charge in [-0.05, 0) is 37.1 Å². The van der Waals surface area contributed by atoms with E-state index in [1.165, 1.54) is 0 Å². The van der Waals surface area contributed by atoms with Gasteiger partial charge in [0.2, 0.25) is 0 Å². The Morgan fingerprint density at radius 1 is 1.35 bits per heavy atom. The quantitative estimate of drug-likeness (QED) is 0.869. The molecule has 1 N–H and O–H groups in total. The van der Waals surface area contributed by atoms with Gasteiger partial charge in [0.25, 0.3) is 0 Å². The van der Waals surface area contributed by atoms with Crippen LogP contribution in [0.15, 0.2) is 24.3 Å². The predicted molar refractivity (Wildman–Crippen MR) is 72.0 cm³/mol. The Kier molecular flexibility index (Phi) is 4.99. The van der Waals surface area contributed by atoms with E-state index in [1.54, 1.807) is 0 Å². The van der Waals surface area contributed by atoms with Gasteiger partial charge >= 0.3 is 0 Å². The van der Waals surface area contributed by atoms with Crippen LogP contribution in [-0.4, -0.2) is 12.1 Å². The number of hydrogen-bond donors (Lipinski definition) is 1. The molecule has 0 radical (unpaired) electrons. The second kappa shape index (κ2) is 6.05. The zero-order valence-electron chi connectivity index (χ0n) is 10.6. The molecule has 1 aromatic carbocycles. The van der Waals surface area contributed by atoms with Crippen molar-refractivity contribution >= 4 is 11.6 Å². The first-order valence-corrected chi connectivity index (χ1v) is 6.24. The van der Waals surface area contributed by atoms with E-state index >= 15 is 0 Å². The Morgan fingerprint density at radius 3 is 2.41 bits per heavy atom. The van der Waals surface area contributed by atoms with Crippen molar-refractivity contribution in [2.45, 2.75) is 32.7 Å². The van der Waals surface area contributed by atoms with Gasteiger partial charge in [0.05, 0.1) is 6.07 Å². The van der Waals surface area contributed by atoms with Crippen LogP contribution in [0, 0.1) is 17.2 Å². The summed E-state index contributed by atoms with van der Waals surface area (Å²) in [7, 11) is 0. The summed E-state index contributed by atoms with van der Waals surface area (Å²) in [4.78, 5) is 0. The maximum atomic E-state index is 9.28. The largest absolute Gasteiger partial charge is 0.299 e. The maximum absolute atomic E-state index is 9.28. The molecule has 0 saturated heterocycles. The Bertz CT molecular complexity index is 392. The summed E-state index contributed by atoms with van der Waals surface area (Å²) < 4.78 is 0. The van der Waals surface area contributed by atoms with Crippen LogP contribution >= 0.6 is 11.6 Å². The molecule has 1 atom stereocenters. The first-order chi connectivity index (χ1) is 7.95. The molecule has 0 heterocycles. The molecule has 0 amide bonds. The Labute approximate surface area is 109 Å². The standard InChI is InChI=1S/C14H19ClN2/c1-11(2)9-17-14(3,10-16)8-12-4-6-13(15)7-5-12/h4-7,11,17H,8-9H2,1-3H3. The average Bonchev–Trinajstić information content (AvgIpc) is 2.30. The van der Waals surface area contributed by atoms with Crippen molar-refractivity contribution in [3.8, 4) is 6.07 Å². The van der Waals surface area contributed by atoms with Crippen LogP contribution in [0.1, 0.15) is 26.3 Å². The molecule has 0 aliphatic heterocycles. The van der Waals surface area contributed by atoms with E-state index in [2.05, 4.69) is 25.2 Å². The first-order valence-electron chi connectivity index (χ1n) is 5.86. The molecule has 0 spiro atoms. The Morgan fingerprint density at radius 2 is 1.94 bits per heavy atom. The molecule has 1 unspecified atom stereocenters. The van der Waals surface area contributed by atoms with Gasteiger partial charge in [-0.3, -0.25) is 5.32 Å². The topological polar surface area (TPSA) is 35.8 Å². The minimum absolute atomic E-state index is 0.516. The lowest BCUT2D eigenvalue weighted by molar-refractivity contribution is 0.409. The normalized spacial score (nSPS) is 14.4. The number of rotatable bonds is 5. The minimum Gasteiger partial charge on any atom is -0.299 e. The molecule has 3 heteroatoms. The molecule has 0 fully saturated rings. The van der Waals surface area contributed by atoms with Gasteiger partial charge in [-0.15, -0.1) is 0 Å². The summed E-state index contributed by atoms with van der Waals surface area (Å²) in [6, 6.07) is 10.0. The van der Waals surface area contributed by atoms with E-state index in [1.807, 2.05) is 31.2 Å². The molecular weight excluding hydrogens is 232 g/mol. The van der Waals surface area contributed by atoms with E-state index in [0.717, 1.165) is 17.1 Å². The lowest BCUT2D eigenvalue weighted by Crippen LogP contribution is -2.44. The minimum atomic E-state index is -0.516. The van der Waals surface area contributed by atoms with E-state index < -0.39 is 5.54 Å². The zero-order chi connectivity index (χ0) is 12.9. The highest BCUT2D eigenvalue weighted by molar-refractivity contribution is 6.30. The summed E-state index contributed by atoms with van der Waals surface area (Å²) in [5.41, 5.74) is 0.604. The predicted octanol–water partition coefficient (Wildman–Crippen LogP) is 3.41. The van der Waals surface area contributed by atoms with E-state index in [9.17, 15) is 5.26 Å². The van der Waals surface area contributed by atoms with Crippen LogP contribution in [0.3, 0.4) is 0 Å². The van der Waals surface area contributed by atoms with Crippen molar-refractivity contribution in [3.05, 3.63) is 34.9 Å². The maximum Gasteiger partial charge on any atom is 0.107 e. The Hall–Kier alpha value is -1.04. The van der Waals surface area contributed by atoms with Gasteiger partial charge in [-0.25, -0.2) is 0 Å². The van der Waals surface area contributed by atoms with Crippen LogP contribution in [0.2, 0.25) is 5.02 Å². The number of nitrogens with one attached hydrogen (secondary N) is 1. The van der Waals surface area contributed by atoms with Crippen molar-refractivity contribution in [1.29, 1.82) is 5.26 Å². The summed E-state index contributed by atoms with van der Waals surface area (Å²) >= 11 is 5.84. The van der Waals surface area contributed by atoms with Crippen LogP contribution in [0.25, 0.3) is 0 Å². The fourth-order valence-electron chi connectivity index (χ4n) is 1.58. The van der Waals surface area contributed by atoms with Gasteiger partial charge in [-0.2, -0.15) is 5.26 Å². The van der Waals surface area contributed by atoms with Crippen LogP contribution in [-0.2, 0) is 6.42 Å². The van der Waals surface area contributed by atoms with E-state index in [-0.39, 0.29) is 0 Å². The summed E-state index contributed by atoms with van der Waals surface area (Å²) in [5.74, 6) is 0.535. The van der Waals surface area contributed by atoms with E-state index in [4.69, 9.17) is 11.6 Å². The smallest absolute Gasteiger partial charge is 0.107 e. The molecule has 17 heavy (non-hydrogen) atoms. The molecule has 0 aliphatic carbocycles. The lowest BCUT2D eigenvalue weighted by atomic mass is 9.94. The molecule has 0 aromatic heterocycles. The van der Waals surface area contributed by atoms with Crippen molar-refractivity contribution < 1.29 is 0 Å². The summed E-state index contributed by atoms with van der Waals surface area (Å²) in [6.07, 6.45) is 0.688. The van der Waals surface area contributed by atoms with Crippen LogP contribution in [0.5, 0.6) is 0 Å². The fourth-order valence-corrected chi connectivity index (χ4v) is 1.71. The highest BCUT2D eigenvalue weighted by atomic mass is 35.5. The van der Waals surface area contributed by atoms with Crippen LogP contribution < -0.4 is 5.32 Å². The number of benzene rings is 1. The number of nitriles is 1. The number of halogens is 1. The molecule has 0 bridgehead atoms. The van der Waals surface area contributed by atoms with Crippen molar-refractivity contribution in [2.75, 3.05) is 6.54 Å². The second-order valence-electron chi connectivity index (χ2n) is 5.02. The first kappa shape index (κ1) is 14.0. The molecule has 1 aromatic rings. The monoisotopic (exact) mass is 250 g/mol. The van der Waals surface area contributed by atoms with Gasteiger partial charge < -0.3 is 0 Å². The van der Waals surface area contributed by atoms with Crippen molar-refractivity contribution in [3.63, 3.8) is 0 Å². The molecule has 0 aliphatic rings. The highest BCUT2D eigenvalue weighted by Crippen LogP contribution is 2.16. The molecule has 92 valence electrons. The fraction of sp³-hybridized carbons (Fsp3) is 0.500. The third-order valence-corrected chi connectivity index (χ3v) is 2.87. The molecular formula is C14H19ClN2. The number of nitrogens with zero attached hydrogens (tertiary/aromatic N) is 1. The Balaban J connectivity index is 2.68. The third kappa shape index (κ3) is 4.77. The molecule has 2 nitrogen and oxygen atoms in total. The van der Waals surface area contributed by atoms with Crippen molar-refractivity contribution in [1.82, 2.24) is 5.32 Å². The summed E-state index contributed by atoms with van der Waals surface area (Å²) in [6.45, 7) is 7.04. The molecule has 1 rings (SSSR count). The third-order valence-electron chi connectivity index (χ3n) is 2.62. The van der Waals surface area contributed by atoms with Gasteiger partial charge in [0.1, 0.15) is 5.54 Å². The van der Waals surface area contributed by atoms with Gasteiger partial charge in [0.15, 0.2) is 0 Å². The zero-order valence-corrected chi connectivity index (χ0v) is 11.4. The van der Waals surface area contributed by atoms with E-state index in [0.29, 0.717) is 12.3 Å². The van der Waals surface area contributed by atoms with Crippen molar-refractivity contribution in [2.24, 2.45) is 5.92 Å². The second-order valence-corrected chi connectivity index (χ2v) is 5.46. The number of hydrogen-bond acceptors (Lipinski definition) is 2. The SMILES string of the molecule is CC(C)CNC(C)(C#N)Cc1ccc(Cl)cc1. The summed E-state index contributed by atoms with van der Waals surface area (Å²) in [5, 5.41) is 13.3. The van der Waals surface area contributed by atoms with Gasteiger partial charge in [0, 0.05) is 11.4 Å².